The van der Waals surface area contributed by atoms with Crippen molar-refractivity contribution >= 4 is 22.1 Å². The lowest BCUT2D eigenvalue weighted by molar-refractivity contribution is 0.0674. The number of rotatable bonds is 2. The number of hydrogen-bond donors (Lipinski definition) is 0. The molecule has 1 aliphatic heterocycles. The van der Waals surface area contributed by atoms with Crippen LogP contribution in [0.4, 0.5) is 0 Å². The van der Waals surface area contributed by atoms with Crippen LogP contribution in [0.2, 0.25) is 0 Å². The van der Waals surface area contributed by atoms with Gasteiger partial charge in [0.2, 0.25) is 0 Å². The molecule has 6 nitrogen and oxygen atoms in total. The fourth-order valence-electron chi connectivity index (χ4n) is 3.39. The molecule has 0 bridgehead atoms. The Morgan fingerprint density at radius 2 is 1.96 bits per heavy atom. The zero-order chi connectivity index (χ0) is 16.7. The Hall–Kier alpha value is -2.28. The highest BCUT2D eigenvalue weighted by Gasteiger charge is 2.37. The average molecular weight is 341 g/mol. The minimum atomic E-state index is 0.00827. The molecule has 4 heterocycles. The van der Waals surface area contributed by atoms with E-state index in [1.54, 1.807) is 23.7 Å². The van der Waals surface area contributed by atoms with Gasteiger partial charge < -0.3 is 4.90 Å². The Kier molecular flexibility index (Phi) is 3.60. The van der Waals surface area contributed by atoms with E-state index in [-0.39, 0.29) is 11.3 Å². The van der Waals surface area contributed by atoms with E-state index in [4.69, 9.17) is 4.98 Å². The second kappa shape index (κ2) is 5.66. The summed E-state index contributed by atoms with van der Waals surface area (Å²) in [6.07, 6.45) is 8.50. The Morgan fingerprint density at radius 3 is 2.67 bits per heavy atom. The second-order valence-electron chi connectivity index (χ2n) is 6.57. The summed E-state index contributed by atoms with van der Waals surface area (Å²) >= 11 is 1.73. The van der Waals surface area contributed by atoms with Gasteiger partial charge in [0.15, 0.2) is 0 Å². The molecule has 0 spiro atoms. The fraction of sp³-hybridized carbons (Fsp3) is 0.412. The summed E-state index contributed by atoms with van der Waals surface area (Å²) in [5.74, 6) is 1.04. The smallest absolute Gasteiger partial charge is 0.256 e. The number of aromatic nitrogens is 4. The lowest BCUT2D eigenvalue weighted by Crippen LogP contribution is -2.44. The van der Waals surface area contributed by atoms with Gasteiger partial charge in [0, 0.05) is 42.5 Å². The van der Waals surface area contributed by atoms with Crippen LogP contribution in [0, 0.1) is 6.92 Å². The molecule has 0 N–H and O–H groups in total. The van der Waals surface area contributed by atoms with Crippen molar-refractivity contribution in [3.8, 4) is 0 Å². The van der Waals surface area contributed by atoms with Crippen molar-refractivity contribution in [3.63, 3.8) is 0 Å². The van der Waals surface area contributed by atoms with Crippen molar-refractivity contribution in [1.29, 1.82) is 0 Å². The largest absolute Gasteiger partial charge is 0.338 e. The first-order chi connectivity index (χ1) is 11.6. The third-order valence-corrected chi connectivity index (χ3v) is 5.84. The van der Waals surface area contributed by atoms with Gasteiger partial charge >= 0.3 is 0 Å². The van der Waals surface area contributed by atoms with Gasteiger partial charge in [-0.05, 0) is 19.8 Å². The lowest BCUT2D eigenvalue weighted by atomic mass is 9.77. The van der Waals surface area contributed by atoms with Crippen LogP contribution in [0.15, 0.2) is 30.3 Å². The molecule has 0 saturated carbocycles. The standard InChI is InChI=1S/C17H19N5OS/c1-12-20-14(16-22(12)7-8-24-16)17(2)3-5-21(6-4-17)15(23)13-9-18-11-19-10-13/h7-11H,3-6H2,1-2H3. The fourth-order valence-corrected chi connectivity index (χ4v) is 4.42. The van der Waals surface area contributed by atoms with E-state index in [2.05, 4.69) is 32.9 Å². The van der Waals surface area contributed by atoms with Crippen molar-refractivity contribution in [3.05, 3.63) is 47.4 Å². The zero-order valence-corrected chi connectivity index (χ0v) is 14.6. The van der Waals surface area contributed by atoms with E-state index in [1.807, 2.05) is 11.8 Å². The minimum absolute atomic E-state index is 0.00827. The molecule has 0 aliphatic carbocycles. The van der Waals surface area contributed by atoms with E-state index in [0.717, 1.165) is 31.8 Å². The summed E-state index contributed by atoms with van der Waals surface area (Å²) in [6.45, 7) is 5.77. The molecule has 0 atom stereocenters. The minimum Gasteiger partial charge on any atom is -0.338 e. The van der Waals surface area contributed by atoms with Gasteiger partial charge in [-0.15, -0.1) is 11.3 Å². The molecule has 1 aliphatic rings. The number of imidazole rings is 1. The molecule has 1 fully saturated rings. The monoisotopic (exact) mass is 341 g/mol. The van der Waals surface area contributed by atoms with Crippen molar-refractivity contribution in [2.24, 2.45) is 0 Å². The Balaban J connectivity index is 1.55. The van der Waals surface area contributed by atoms with Crippen LogP contribution in [0.5, 0.6) is 0 Å². The summed E-state index contributed by atoms with van der Waals surface area (Å²) in [5.41, 5.74) is 1.73. The summed E-state index contributed by atoms with van der Waals surface area (Å²) in [6, 6.07) is 0. The first kappa shape index (κ1) is 15.3. The van der Waals surface area contributed by atoms with Crippen LogP contribution < -0.4 is 0 Å². The molecule has 4 rings (SSSR count). The van der Waals surface area contributed by atoms with Crippen molar-refractivity contribution in [1.82, 2.24) is 24.3 Å². The number of thiazole rings is 1. The molecule has 1 amide bonds. The van der Waals surface area contributed by atoms with E-state index in [1.165, 1.54) is 16.9 Å². The lowest BCUT2D eigenvalue weighted by Gasteiger charge is -2.38. The van der Waals surface area contributed by atoms with Gasteiger partial charge in [-0.3, -0.25) is 9.20 Å². The number of piperidine rings is 1. The topological polar surface area (TPSA) is 63.4 Å². The number of fused-ring (bicyclic) bond motifs is 1. The van der Waals surface area contributed by atoms with E-state index in [0.29, 0.717) is 5.56 Å². The van der Waals surface area contributed by atoms with Crippen LogP contribution >= 0.6 is 11.3 Å². The number of nitrogens with zero attached hydrogens (tertiary/aromatic N) is 5. The predicted molar refractivity (Wildman–Crippen MR) is 92.3 cm³/mol. The molecule has 124 valence electrons. The third-order valence-electron chi connectivity index (χ3n) is 4.97. The summed E-state index contributed by atoms with van der Waals surface area (Å²) in [4.78, 5) is 28.4. The van der Waals surface area contributed by atoms with Crippen LogP contribution in [-0.4, -0.2) is 43.2 Å². The maximum atomic E-state index is 12.6. The highest BCUT2D eigenvalue weighted by Crippen LogP contribution is 2.38. The highest BCUT2D eigenvalue weighted by atomic mass is 32.1. The van der Waals surface area contributed by atoms with E-state index < -0.39 is 0 Å². The van der Waals surface area contributed by atoms with E-state index in [9.17, 15) is 4.79 Å². The molecule has 0 unspecified atom stereocenters. The maximum Gasteiger partial charge on any atom is 0.256 e. The molecule has 7 heteroatoms. The summed E-state index contributed by atoms with van der Waals surface area (Å²) in [7, 11) is 0. The molecule has 24 heavy (non-hydrogen) atoms. The molecule has 0 radical (unpaired) electrons. The van der Waals surface area contributed by atoms with Gasteiger partial charge in [-0.25, -0.2) is 15.0 Å². The van der Waals surface area contributed by atoms with Gasteiger partial charge in [-0.1, -0.05) is 6.92 Å². The number of aryl methyl sites for hydroxylation is 1. The Morgan fingerprint density at radius 1 is 1.25 bits per heavy atom. The number of carbonyl (C=O) groups excluding carboxylic acids is 1. The second-order valence-corrected chi connectivity index (χ2v) is 7.46. The van der Waals surface area contributed by atoms with Crippen LogP contribution in [-0.2, 0) is 5.41 Å². The average Bonchev–Trinajstić information content (AvgIpc) is 3.20. The number of likely N-dealkylation sites (tertiary alicyclic amines) is 1. The zero-order valence-electron chi connectivity index (χ0n) is 13.8. The van der Waals surface area contributed by atoms with Gasteiger partial charge in [0.1, 0.15) is 17.0 Å². The third kappa shape index (κ3) is 2.39. The number of amides is 1. The van der Waals surface area contributed by atoms with Crippen LogP contribution in [0.1, 0.15) is 41.6 Å². The Labute approximate surface area is 144 Å². The highest BCUT2D eigenvalue weighted by molar-refractivity contribution is 7.15. The first-order valence-electron chi connectivity index (χ1n) is 8.05. The normalized spacial score (nSPS) is 17.3. The van der Waals surface area contributed by atoms with Crippen molar-refractivity contribution in [2.75, 3.05) is 13.1 Å². The molecule has 3 aromatic rings. The van der Waals surface area contributed by atoms with E-state index >= 15 is 0 Å². The van der Waals surface area contributed by atoms with Crippen LogP contribution in [0.3, 0.4) is 0 Å². The SMILES string of the molecule is Cc1nc(C2(C)CCN(C(=O)c3cncnc3)CC2)c2sccn12. The van der Waals surface area contributed by atoms with Crippen molar-refractivity contribution in [2.45, 2.75) is 32.1 Å². The Bertz CT molecular complexity index is 877. The molecular weight excluding hydrogens is 322 g/mol. The van der Waals surface area contributed by atoms with Gasteiger partial charge in [0.25, 0.3) is 5.91 Å². The maximum absolute atomic E-state index is 12.6. The number of hydrogen-bond acceptors (Lipinski definition) is 5. The first-order valence-corrected chi connectivity index (χ1v) is 8.93. The predicted octanol–water partition coefficient (Wildman–Crippen LogP) is 2.69. The molecule has 3 aromatic heterocycles. The number of carbonyl (C=O) groups is 1. The van der Waals surface area contributed by atoms with Gasteiger partial charge in [0.05, 0.1) is 11.3 Å². The quantitative estimate of drug-likeness (QED) is 0.719. The summed E-state index contributed by atoms with van der Waals surface area (Å²) in [5, 5.41) is 2.10. The van der Waals surface area contributed by atoms with Gasteiger partial charge in [-0.2, -0.15) is 0 Å². The summed E-state index contributed by atoms with van der Waals surface area (Å²) < 4.78 is 2.16. The van der Waals surface area contributed by atoms with Crippen LogP contribution in [0.25, 0.3) is 4.83 Å². The molecule has 0 aromatic carbocycles. The van der Waals surface area contributed by atoms with Crippen molar-refractivity contribution < 1.29 is 4.79 Å². The molecular formula is C17H19N5OS. The molecule has 1 saturated heterocycles.